The van der Waals surface area contributed by atoms with Crippen molar-refractivity contribution in [2.75, 3.05) is 35.8 Å². The van der Waals surface area contributed by atoms with Crippen molar-refractivity contribution in [2.45, 2.75) is 145 Å². The number of aromatic nitrogens is 14. The van der Waals surface area contributed by atoms with Crippen LogP contribution in [0.15, 0.2) is 80.0 Å². The van der Waals surface area contributed by atoms with E-state index in [0.717, 1.165) is 124 Å². The average molecular weight is 1350 g/mol. The van der Waals surface area contributed by atoms with Gasteiger partial charge in [-0.05, 0) is 122 Å². The van der Waals surface area contributed by atoms with E-state index >= 15 is 0 Å². The van der Waals surface area contributed by atoms with Crippen LogP contribution in [-0.4, -0.2) is 145 Å². The molecule has 4 bridgehead atoms. The summed E-state index contributed by atoms with van der Waals surface area (Å²) in [5, 5.41) is 25.7. The number of hydrogen-bond donors (Lipinski definition) is 7. The minimum absolute atomic E-state index is 0.0937. The van der Waals surface area contributed by atoms with Gasteiger partial charge in [0.2, 0.25) is 0 Å². The molecule has 0 radical (unpaired) electrons. The number of rotatable bonds is 11. The molecule has 2 unspecified atom stereocenters. The standard InChI is InChI=1S/C24H28N8S2.C21H20F2N6S2.C19H20N6S2/c1-23(2)8-14(9-24(3,4)31-23)32(5)22-30-21-20(34-22)29-19(33-21)18-17-15(6-7-25-17)16(12-26-18)13-10-27-28-11-13;1-29(12-4-10-2-3-11(5-12)26-10)21-28-20-19(31-21)27-18(30-20)14-7-15(22)13(6-16(14)23)17-8-24-9-25-17;1-25(13-8-11-2-3-12(9-13)22-11)19-24-18-17(27-19)23-16(26-18)15-14-10(4-6-20-14)5-7-21-15/h6-7,10-12,14,25,31H,8-9H2,1-5H3,(H,27,28);6-12,26H,2-5H2,1H3,(H,24,25);4-7,11-13,20,22H,2-3,8-9H2,1H3/t;10-,11+,12?;11-,12+,13?. The van der Waals surface area contributed by atoms with Crippen LogP contribution in [0, 0.1) is 11.6 Å². The fourth-order valence-electron chi connectivity index (χ4n) is 14.7. The second-order valence-corrected chi connectivity index (χ2v) is 32.1. The second-order valence-electron chi connectivity index (χ2n) is 26.3. The molecule has 17 heterocycles. The van der Waals surface area contributed by atoms with Crippen LogP contribution in [0.2, 0.25) is 0 Å². The van der Waals surface area contributed by atoms with Gasteiger partial charge in [-0.2, -0.15) is 5.10 Å². The van der Waals surface area contributed by atoms with Gasteiger partial charge < -0.3 is 45.6 Å². The summed E-state index contributed by atoms with van der Waals surface area (Å²) < 4.78 is 29.4. The van der Waals surface area contributed by atoms with E-state index in [0.29, 0.717) is 53.0 Å². The third-order valence-electron chi connectivity index (χ3n) is 18.9. The van der Waals surface area contributed by atoms with Gasteiger partial charge in [-0.15, -0.1) is 0 Å². The molecular weight excluding hydrogens is 1280 g/mol. The molecule has 0 amide bonds. The number of hydrogen-bond acceptors (Lipinski definition) is 22. The molecule has 0 spiro atoms. The number of benzene rings is 1. The lowest BCUT2D eigenvalue weighted by atomic mass is 9.79. The highest BCUT2D eigenvalue weighted by atomic mass is 32.1. The Hall–Kier alpha value is -7.28. The number of nitrogens with zero attached hydrogens (tertiary/aromatic N) is 13. The first-order valence-corrected chi connectivity index (χ1v) is 36.1. The number of thiazole rings is 6. The van der Waals surface area contributed by atoms with E-state index in [2.05, 4.69) is 132 Å². The first-order valence-electron chi connectivity index (χ1n) is 31.2. The van der Waals surface area contributed by atoms with Crippen molar-refractivity contribution < 1.29 is 8.78 Å². The Kier molecular flexibility index (Phi) is 15.3. The van der Waals surface area contributed by atoms with Crippen LogP contribution in [0.3, 0.4) is 0 Å². The third-order valence-corrected chi connectivity index (χ3v) is 25.3. The molecule has 6 atom stereocenters. The molecule has 474 valence electrons. The highest BCUT2D eigenvalue weighted by Crippen LogP contribution is 2.45. The summed E-state index contributed by atoms with van der Waals surface area (Å²) in [6, 6.07) is 12.6. The first-order chi connectivity index (χ1) is 44.5. The van der Waals surface area contributed by atoms with Crippen molar-refractivity contribution in [1.29, 1.82) is 0 Å². The maximum Gasteiger partial charge on any atom is 0.188 e. The zero-order valence-electron chi connectivity index (χ0n) is 51.6. The number of H-pyrrole nitrogens is 4. The second kappa shape index (κ2) is 23.6. The largest absolute Gasteiger partial charge is 0.359 e. The van der Waals surface area contributed by atoms with Crippen molar-refractivity contribution in [3.8, 4) is 54.4 Å². The van der Waals surface area contributed by atoms with Gasteiger partial charge >= 0.3 is 0 Å². The fourth-order valence-corrected chi connectivity index (χ4v) is 20.9. The Morgan fingerprint density at radius 2 is 1.03 bits per heavy atom. The Labute approximate surface area is 552 Å². The van der Waals surface area contributed by atoms with E-state index < -0.39 is 11.6 Å². The molecule has 0 aliphatic carbocycles. The quantitative estimate of drug-likeness (QED) is 0.0637. The fraction of sp³-hybridized carbons (Fsp3) is 0.406. The summed E-state index contributed by atoms with van der Waals surface area (Å²) in [4.78, 5) is 64.2. The lowest BCUT2D eigenvalue weighted by molar-refractivity contribution is 0.161. The molecule has 5 saturated heterocycles. The van der Waals surface area contributed by atoms with Gasteiger partial charge in [-0.1, -0.05) is 68.0 Å². The molecule has 28 heteroatoms. The van der Waals surface area contributed by atoms with Gasteiger partial charge in [-0.3, -0.25) is 15.1 Å². The Morgan fingerprint density at radius 3 is 1.59 bits per heavy atom. The number of nitrogens with one attached hydrogen (secondary N) is 7. The molecule has 5 aliphatic rings. The summed E-state index contributed by atoms with van der Waals surface area (Å²) in [7, 11) is 6.46. The molecule has 12 aromatic heterocycles. The van der Waals surface area contributed by atoms with Gasteiger partial charge in [0.05, 0.1) is 35.4 Å². The van der Waals surface area contributed by atoms with Crippen molar-refractivity contribution in [1.82, 2.24) is 86.0 Å². The highest BCUT2D eigenvalue weighted by Gasteiger charge is 2.41. The molecule has 13 aromatic rings. The maximum absolute atomic E-state index is 14.8. The maximum atomic E-state index is 14.8. The molecule has 1 aromatic carbocycles. The molecule has 20 nitrogen and oxygen atoms in total. The molecule has 5 fully saturated rings. The van der Waals surface area contributed by atoms with Crippen molar-refractivity contribution in [2.24, 2.45) is 0 Å². The lowest BCUT2D eigenvalue weighted by Crippen LogP contribution is -2.61. The Morgan fingerprint density at radius 1 is 0.522 bits per heavy atom. The number of aromatic amines is 4. The minimum Gasteiger partial charge on any atom is -0.359 e. The topological polar surface area (TPSA) is 238 Å². The Bertz CT molecular complexity index is 4660. The number of fused-ring (bicyclic) bond motifs is 9. The first kappa shape index (κ1) is 59.7. The SMILES string of the molecule is CN(c1nc2sc(-c3cc(F)c(-c4cnc[nH]4)cc3F)nc2s1)C1C[C@H]2CC[C@@H](C1)N2.CN(c1nc2sc(-c3ncc(-c4cn[nH]c4)c4cc[nH]c34)nc2s1)C1CC(C)(C)NC(C)(C)C1.CN(c1nc2sc(-c3nccc4cc[nH]c34)nc2s1)C1C[C@H]2CC[C@@H](C1)N2. The van der Waals surface area contributed by atoms with E-state index in [1.807, 2.05) is 43.2 Å². The molecule has 18 rings (SSSR count). The van der Waals surface area contributed by atoms with Crippen LogP contribution in [0.4, 0.5) is 24.2 Å². The predicted molar refractivity (Wildman–Crippen MR) is 372 cm³/mol. The monoisotopic (exact) mass is 1350 g/mol. The van der Waals surface area contributed by atoms with Crippen LogP contribution >= 0.6 is 68.0 Å². The summed E-state index contributed by atoms with van der Waals surface area (Å²) >= 11 is 9.42. The Balaban J connectivity index is 0.000000110. The van der Waals surface area contributed by atoms with E-state index in [1.165, 1.54) is 85.9 Å². The van der Waals surface area contributed by atoms with Gasteiger partial charge in [0.25, 0.3) is 0 Å². The molecule has 92 heavy (non-hydrogen) atoms. The number of anilines is 3. The summed E-state index contributed by atoms with van der Waals surface area (Å²) in [5.74, 6) is -1.04. The lowest BCUT2D eigenvalue weighted by Gasteiger charge is -2.48. The smallest absolute Gasteiger partial charge is 0.188 e. The molecule has 0 saturated carbocycles. The summed E-state index contributed by atoms with van der Waals surface area (Å²) in [6.07, 6.45) is 26.3. The molecule has 5 aliphatic heterocycles. The van der Waals surface area contributed by atoms with Crippen LogP contribution in [0.25, 0.3) is 105 Å². The number of piperidine rings is 3. The molecular formula is C64H68F2N20S6. The van der Waals surface area contributed by atoms with Gasteiger partial charge in [0, 0.05) is 139 Å². The van der Waals surface area contributed by atoms with Gasteiger partial charge in [-0.25, -0.2) is 43.7 Å². The van der Waals surface area contributed by atoms with Gasteiger partial charge in [0.15, 0.2) is 44.4 Å². The minimum atomic E-state index is -0.520. The van der Waals surface area contributed by atoms with Crippen LogP contribution in [-0.2, 0) is 0 Å². The van der Waals surface area contributed by atoms with E-state index in [4.69, 9.17) is 29.9 Å². The van der Waals surface area contributed by atoms with Crippen molar-refractivity contribution >= 4 is 134 Å². The molecule has 7 N–H and O–H groups in total. The third kappa shape index (κ3) is 11.4. The zero-order valence-corrected chi connectivity index (χ0v) is 56.5. The number of imidazole rings is 1. The summed E-state index contributed by atoms with van der Waals surface area (Å²) in [6.45, 7) is 9.15. The predicted octanol–water partition coefficient (Wildman–Crippen LogP) is 14.3. The van der Waals surface area contributed by atoms with Crippen molar-refractivity contribution in [3.05, 3.63) is 91.7 Å². The van der Waals surface area contributed by atoms with Crippen molar-refractivity contribution in [3.63, 3.8) is 0 Å². The van der Waals surface area contributed by atoms with E-state index in [1.54, 1.807) is 45.3 Å². The van der Waals surface area contributed by atoms with Crippen LogP contribution < -0.4 is 30.7 Å². The zero-order chi connectivity index (χ0) is 62.7. The van der Waals surface area contributed by atoms with E-state index in [9.17, 15) is 8.78 Å². The van der Waals surface area contributed by atoms with Gasteiger partial charge in [0.1, 0.15) is 38.0 Å². The normalized spacial score (nSPS) is 21.8. The number of pyridine rings is 2. The average Bonchev–Trinajstić information content (AvgIpc) is 1.69. The van der Waals surface area contributed by atoms with E-state index in [-0.39, 0.29) is 22.2 Å². The number of halogens is 2. The van der Waals surface area contributed by atoms with Crippen LogP contribution in [0.1, 0.15) is 91.9 Å². The summed E-state index contributed by atoms with van der Waals surface area (Å²) in [5.41, 5.74) is 6.78. The van der Waals surface area contributed by atoms with Crippen LogP contribution in [0.5, 0.6) is 0 Å². The highest BCUT2D eigenvalue weighted by molar-refractivity contribution is 7.31.